The van der Waals surface area contributed by atoms with Crippen LogP contribution in [0.5, 0.6) is 0 Å². The van der Waals surface area contributed by atoms with Crippen molar-refractivity contribution in [1.29, 1.82) is 0 Å². The Morgan fingerprint density at radius 3 is 0.776 bits per heavy atom. The molecule has 76 heavy (non-hydrogen) atoms. The Bertz CT molecular complexity index is 1360. The summed E-state index contributed by atoms with van der Waals surface area (Å²) in [4.78, 5) is 38.2. The Balaban J connectivity index is 4.08. The van der Waals surface area contributed by atoms with Crippen LogP contribution in [-0.4, -0.2) is 37.2 Å². The van der Waals surface area contributed by atoms with Gasteiger partial charge in [-0.05, 0) is 83.5 Å². The van der Waals surface area contributed by atoms with Crippen LogP contribution >= 0.6 is 0 Å². The maximum atomic E-state index is 12.8. The molecule has 0 heterocycles. The van der Waals surface area contributed by atoms with E-state index in [1.54, 1.807) is 0 Å². The predicted molar refractivity (Wildman–Crippen MR) is 330 cm³/mol. The molecule has 0 rings (SSSR count). The molecule has 0 aliphatic carbocycles. The largest absolute Gasteiger partial charge is 0.462 e. The van der Waals surface area contributed by atoms with Gasteiger partial charge in [0.25, 0.3) is 0 Å². The zero-order valence-electron chi connectivity index (χ0n) is 50.8. The number of ether oxygens (including phenoxy) is 3. The second-order valence-corrected chi connectivity index (χ2v) is 22.4. The lowest BCUT2D eigenvalue weighted by molar-refractivity contribution is -0.167. The van der Waals surface area contributed by atoms with E-state index in [0.717, 1.165) is 96.3 Å². The quantitative estimate of drug-likeness (QED) is 0.0261. The number of carbonyl (C=O) groups excluding carboxylic acids is 3. The molecule has 0 aromatic heterocycles. The summed E-state index contributed by atoms with van der Waals surface area (Å²) < 4.78 is 16.9. The van der Waals surface area contributed by atoms with Gasteiger partial charge in [0.15, 0.2) is 6.10 Å². The Hall–Kier alpha value is -2.89. The molecule has 0 fully saturated rings. The van der Waals surface area contributed by atoms with Crippen molar-refractivity contribution in [2.45, 2.75) is 354 Å². The summed E-state index contributed by atoms with van der Waals surface area (Å²) in [6.07, 6.45) is 82.5. The molecule has 0 N–H and O–H groups in total. The molecular weight excluding hydrogens is 937 g/mol. The zero-order chi connectivity index (χ0) is 55.0. The summed E-state index contributed by atoms with van der Waals surface area (Å²) in [6, 6.07) is 0. The van der Waals surface area contributed by atoms with E-state index in [9.17, 15) is 14.4 Å². The number of carbonyl (C=O) groups is 3. The van der Waals surface area contributed by atoms with E-state index in [4.69, 9.17) is 14.2 Å². The molecule has 442 valence electrons. The number of hydrogen-bond donors (Lipinski definition) is 0. The van der Waals surface area contributed by atoms with E-state index >= 15 is 0 Å². The van der Waals surface area contributed by atoms with Crippen molar-refractivity contribution < 1.29 is 28.6 Å². The van der Waals surface area contributed by atoms with Crippen molar-refractivity contribution in [3.05, 3.63) is 60.8 Å². The smallest absolute Gasteiger partial charge is 0.306 e. The first-order valence-electron chi connectivity index (χ1n) is 33.3. The zero-order valence-corrected chi connectivity index (χ0v) is 50.8. The van der Waals surface area contributed by atoms with E-state index in [1.165, 1.54) is 212 Å². The Morgan fingerprint density at radius 2 is 0.487 bits per heavy atom. The van der Waals surface area contributed by atoms with Crippen molar-refractivity contribution >= 4 is 17.9 Å². The summed E-state index contributed by atoms with van der Waals surface area (Å²) in [5.41, 5.74) is 0. The fourth-order valence-corrected chi connectivity index (χ4v) is 9.70. The lowest BCUT2D eigenvalue weighted by Gasteiger charge is -2.18. The van der Waals surface area contributed by atoms with Crippen molar-refractivity contribution in [2.24, 2.45) is 0 Å². The van der Waals surface area contributed by atoms with Crippen molar-refractivity contribution in [3.63, 3.8) is 0 Å². The highest BCUT2D eigenvalue weighted by Crippen LogP contribution is 2.17. The molecule has 0 aliphatic rings. The van der Waals surface area contributed by atoms with Gasteiger partial charge in [0, 0.05) is 19.3 Å². The van der Waals surface area contributed by atoms with Gasteiger partial charge in [-0.15, -0.1) is 0 Å². The first-order valence-corrected chi connectivity index (χ1v) is 33.3. The second-order valence-electron chi connectivity index (χ2n) is 22.4. The molecule has 0 spiro atoms. The van der Waals surface area contributed by atoms with Crippen LogP contribution in [0.25, 0.3) is 0 Å². The molecule has 1 unspecified atom stereocenters. The minimum atomic E-state index is -0.778. The summed E-state index contributed by atoms with van der Waals surface area (Å²) in [6.45, 7) is 6.61. The minimum Gasteiger partial charge on any atom is -0.462 e. The number of hydrogen-bond acceptors (Lipinski definition) is 6. The topological polar surface area (TPSA) is 78.9 Å². The van der Waals surface area contributed by atoms with Crippen LogP contribution in [-0.2, 0) is 28.6 Å². The molecule has 0 saturated heterocycles. The van der Waals surface area contributed by atoms with Crippen molar-refractivity contribution in [3.8, 4) is 0 Å². The molecule has 0 bridgehead atoms. The van der Waals surface area contributed by atoms with Crippen LogP contribution in [0.4, 0.5) is 0 Å². The van der Waals surface area contributed by atoms with Crippen LogP contribution in [0.15, 0.2) is 60.8 Å². The fraction of sp³-hybridized carbons (Fsp3) is 0.814. The Morgan fingerprint density at radius 1 is 0.263 bits per heavy atom. The van der Waals surface area contributed by atoms with Crippen molar-refractivity contribution in [1.82, 2.24) is 0 Å². The lowest BCUT2D eigenvalue weighted by atomic mass is 10.0. The normalized spacial score (nSPS) is 12.4. The molecule has 6 nitrogen and oxygen atoms in total. The van der Waals surface area contributed by atoms with E-state index in [0.29, 0.717) is 19.3 Å². The summed E-state index contributed by atoms with van der Waals surface area (Å²) in [5, 5.41) is 0. The highest BCUT2D eigenvalue weighted by Gasteiger charge is 2.19. The second kappa shape index (κ2) is 64.6. The minimum absolute atomic E-state index is 0.0753. The summed E-state index contributed by atoms with van der Waals surface area (Å²) in [5.74, 6) is -0.873. The monoisotopic (exact) mass is 1060 g/mol. The molecule has 1 atom stereocenters. The maximum absolute atomic E-state index is 12.8. The average molecular weight is 1060 g/mol. The van der Waals surface area contributed by atoms with Gasteiger partial charge in [-0.1, -0.05) is 306 Å². The molecule has 6 heteroatoms. The third kappa shape index (κ3) is 62.0. The van der Waals surface area contributed by atoms with Crippen LogP contribution in [0, 0.1) is 0 Å². The highest BCUT2D eigenvalue weighted by molar-refractivity contribution is 5.71. The van der Waals surface area contributed by atoms with Gasteiger partial charge < -0.3 is 14.2 Å². The van der Waals surface area contributed by atoms with Gasteiger partial charge in [0.2, 0.25) is 0 Å². The standard InChI is InChI=1S/C70H126O6/c1-4-7-10-13-16-19-22-24-26-27-28-29-30-31-32-33-34-35-36-37-38-39-40-41-42-43-44-46-48-51-54-57-60-63-69(72)75-66-67(65-74-68(71)62-59-56-53-50-47-21-18-15-12-9-6-3)76-70(73)64-61-58-55-52-49-45-25-23-20-17-14-11-8-5-2/h14,17,22-25,27-28,30-31,67H,4-13,15-16,18-21,26,29,32-66H2,1-3H3/b17-14-,24-22-,25-23-,28-27-,31-30-. The third-order valence-corrected chi connectivity index (χ3v) is 14.7. The third-order valence-electron chi connectivity index (χ3n) is 14.7. The van der Waals surface area contributed by atoms with Gasteiger partial charge in [0.1, 0.15) is 13.2 Å². The van der Waals surface area contributed by atoms with Crippen molar-refractivity contribution in [2.75, 3.05) is 13.2 Å². The number of allylic oxidation sites excluding steroid dienone is 10. The van der Waals surface area contributed by atoms with Crippen LogP contribution in [0.2, 0.25) is 0 Å². The fourth-order valence-electron chi connectivity index (χ4n) is 9.70. The number of rotatable bonds is 61. The molecule has 0 amide bonds. The SMILES string of the molecule is CCCC/C=C\C/C=C\CCCCCCCC(=O)OC(COC(=O)CCCCCCCCCCCCC)COC(=O)CCCCCCCCCCCCCCCCCCCC/C=C\C/C=C\C/C=C\CCCCCCC. The van der Waals surface area contributed by atoms with Crippen LogP contribution < -0.4 is 0 Å². The lowest BCUT2D eigenvalue weighted by Crippen LogP contribution is -2.30. The summed E-state index contributed by atoms with van der Waals surface area (Å²) in [7, 11) is 0. The Kier molecular flexibility index (Phi) is 62.2. The average Bonchev–Trinajstić information content (AvgIpc) is 3.42. The van der Waals surface area contributed by atoms with E-state index < -0.39 is 6.10 Å². The molecule has 0 aromatic rings. The van der Waals surface area contributed by atoms with E-state index in [-0.39, 0.29) is 31.1 Å². The van der Waals surface area contributed by atoms with Gasteiger partial charge in [-0.3, -0.25) is 14.4 Å². The summed E-state index contributed by atoms with van der Waals surface area (Å²) >= 11 is 0. The van der Waals surface area contributed by atoms with E-state index in [2.05, 4.69) is 81.5 Å². The molecule has 0 radical (unpaired) electrons. The van der Waals surface area contributed by atoms with Crippen LogP contribution in [0.3, 0.4) is 0 Å². The maximum Gasteiger partial charge on any atom is 0.306 e. The van der Waals surface area contributed by atoms with Gasteiger partial charge in [-0.25, -0.2) is 0 Å². The van der Waals surface area contributed by atoms with Gasteiger partial charge in [-0.2, -0.15) is 0 Å². The number of unbranched alkanes of at least 4 members (excludes halogenated alkanes) is 40. The van der Waals surface area contributed by atoms with Gasteiger partial charge in [0.05, 0.1) is 0 Å². The van der Waals surface area contributed by atoms with Crippen LogP contribution in [0.1, 0.15) is 348 Å². The first-order chi connectivity index (χ1) is 37.5. The predicted octanol–water partition coefficient (Wildman–Crippen LogP) is 22.7. The van der Waals surface area contributed by atoms with Gasteiger partial charge >= 0.3 is 17.9 Å². The molecule has 0 aliphatic heterocycles. The molecule has 0 aromatic carbocycles. The highest BCUT2D eigenvalue weighted by atomic mass is 16.6. The molecular formula is C70H126O6. The Labute approximate surface area is 472 Å². The first kappa shape index (κ1) is 73.1. The van der Waals surface area contributed by atoms with E-state index in [1.807, 2.05) is 0 Å². The molecule has 0 saturated carbocycles. The number of esters is 3.